The predicted molar refractivity (Wildman–Crippen MR) is 61.4 cm³/mol. The van der Waals surface area contributed by atoms with E-state index in [1.165, 1.54) is 6.92 Å². The summed E-state index contributed by atoms with van der Waals surface area (Å²) in [5, 5.41) is 19.8. The zero-order valence-corrected chi connectivity index (χ0v) is 10.7. The Morgan fingerprint density at radius 1 is 1.53 bits per heavy atom. The molecule has 0 bridgehead atoms. The Bertz CT molecular complexity index is 264. The third kappa shape index (κ3) is 3.18. The molecule has 5 nitrogen and oxygen atoms in total. The largest absolute Gasteiger partial charge is 0.464 e. The molecule has 17 heavy (non-hydrogen) atoms. The number of rotatable bonds is 5. The summed E-state index contributed by atoms with van der Waals surface area (Å²) in [4.78, 5) is 11.6. The van der Waals surface area contributed by atoms with E-state index < -0.39 is 23.8 Å². The Morgan fingerprint density at radius 2 is 2.18 bits per heavy atom. The predicted octanol–water partition coefficient (Wildman–Crippen LogP) is 0.619. The van der Waals surface area contributed by atoms with Crippen LogP contribution in [0.15, 0.2) is 0 Å². The molecule has 1 aliphatic rings. The molecule has 1 saturated heterocycles. The Balaban J connectivity index is 2.60. The van der Waals surface area contributed by atoms with Crippen molar-refractivity contribution >= 4 is 5.97 Å². The molecule has 0 radical (unpaired) electrons. The Labute approximate surface area is 102 Å². The number of hydrogen-bond acceptors (Lipinski definition) is 5. The van der Waals surface area contributed by atoms with E-state index in [1.54, 1.807) is 6.92 Å². The molecule has 0 aromatic carbocycles. The highest BCUT2D eigenvalue weighted by molar-refractivity contribution is 5.79. The van der Waals surface area contributed by atoms with Gasteiger partial charge in [-0.1, -0.05) is 6.92 Å². The average Bonchev–Trinajstić information content (AvgIpc) is 2.78. The van der Waals surface area contributed by atoms with E-state index in [9.17, 15) is 15.0 Å². The molecular formula is C12H22O5. The summed E-state index contributed by atoms with van der Waals surface area (Å²) in [5.74, 6) is -0.670. The van der Waals surface area contributed by atoms with Gasteiger partial charge in [0.15, 0.2) is 5.60 Å². The summed E-state index contributed by atoms with van der Waals surface area (Å²) in [6.07, 6.45) is 0.346. The van der Waals surface area contributed by atoms with Crippen molar-refractivity contribution in [3.05, 3.63) is 0 Å². The van der Waals surface area contributed by atoms with Crippen LogP contribution < -0.4 is 0 Å². The molecule has 1 rings (SSSR count). The molecule has 0 aliphatic carbocycles. The lowest BCUT2D eigenvalue weighted by molar-refractivity contribution is -0.181. The van der Waals surface area contributed by atoms with Crippen molar-refractivity contribution < 1.29 is 24.5 Å². The minimum Gasteiger partial charge on any atom is -0.464 e. The van der Waals surface area contributed by atoms with E-state index in [0.29, 0.717) is 19.3 Å². The topological polar surface area (TPSA) is 76.0 Å². The summed E-state index contributed by atoms with van der Waals surface area (Å²) in [6, 6.07) is 0. The van der Waals surface area contributed by atoms with Gasteiger partial charge in [0.2, 0.25) is 0 Å². The maximum Gasteiger partial charge on any atom is 0.340 e. The highest BCUT2D eigenvalue weighted by Gasteiger charge is 2.46. The third-order valence-corrected chi connectivity index (χ3v) is 3.22. The molecule has 5 heteroatoms. The fraction of sp³-hybridized carbons (Fsp3) is 0.917. The van der Waals surface area contributed by atoms with E-state index in [-0.39, 0.29) is 12.7 Å². The van der Waals surface area contributed by atoms with Crippen LogP contribution in [-0.4, -0.2) is 46.7 Å². The molecule has 0 unspecified atom stereocenters. The first-order chi connectivity index (χ1) is 7.93. The second kappa shape index (κ2) is 5.80. The van der Waals surface area contributed by atoms with Crippen LogP contribution in [0.4, 0.5) is 0 Å². The lowest BCUT2D eigenvalue weighted by Gasteiger charge is -2.28. The van der Waals surface area contributed by atoms with Crippen molar-refractivity contribution in [2.45, 2.75) is 63.9 Å². The van der Waals surface area contributed by atoms with Gasteiger partial charge < -0.3 is 19.7 Å². The zero-order chi connectivity index (χ0) is 13.1. The van der Waals surface area contributed by atoms with Gasteiger partial charge in [-0.3, -0.25) is 0 Å². The number of esters is 1. The molecule has 0 aromatic rings. The third-order valence-electron chi connectivity index (χ3n) is 3.22. The van der Waals surface area contributed by atoms with E-state index in [4.69, 9.17) is 9.47 Å². The molecule has 100 valence electrons. The van der Waals surface area contributed by atoms with Crippen LogP contribution >= 0.6 is 0 Å². The second-order valence-electron chi connectivity index (χ2n) is 4.58. The summed E-state index contributed by atoms with van der Waals surface area (Å²) >= 11 is 0. The summed E-state index contributed by atoms with van der Waals surface area (Å²) in [7, 11) is 0. The first kappa shape index (κ1) is 14.4. The van der Waals surface area contributed by atoms with Crippen molar-refractivity contribution in [3.8, 4) is 0 Å². The van der Waals surface area contributed by atoms with Crippen molar-refractivity contribution in [1.29, 1.82) is 0 Å². The minimum atomic E-state index is -1.64. The molecule has 2 N–H and O–H groups in total. The molecule has 0 aromatic heterocycles. The summed E-state index contributed by atoms with van der Waals surface area (Å²) < 4.78 is 10.4. The van der Waals surface area contributed by atoms with Gasteiger partial charge in [0.05, 0.1) is 24.9 Å². The second-order valence-corrected chi connectivity index (χ2v) is 4.58. The van der Waals surface area contributed by atoms with E-state index in [1.807, 2.05) is 6.92 Å². The van der Waals surface area contributed by atoms with Gasteiger partial charge in [-0.2, -0.15) is 0 Å². The van der Waals surface area contributed by atoms with Crippen LogP contribution in [0, 0.1) is 0 Å². The van der Waals surface area contributed by atoms with E-state index >= 15 is 0 Å². The van der Waals surface area contributed by atoms with Crippen LogP contribution in [0.5, 0.6) is 0 Å². The Morgan fingerprint density at radius 3 is 2.71 bits per heavy atom. The minimum absolute atomic E-state index is 0.225. The van der Waals surface area contributed by atoms with Crippen molar-refractivity contribution in [2.24, 2.45) is 0 Å². The van der Waals surface area contributed by atoms with Gasteiger partial charge in [0.25, 0.3) is 0 Å². The van der Waals surface area contributed by atoms with Gasteiger partial charge in [0, 0.05) is 0 Å². The van der Waals surface area contributed by atoms with Crippen molar-refractivity contribution in [2.75, 3.05) is 6.61 Å². The van der Waals surface area contributed by atoms with Gasteiger partial charge in [0.1, 0.15) is 0 Å². The summed E-state index contributed by atoms with van der Waals surface area (Å²) in [6.45, 7) is 5.18. The molecule has 1 aliphatic heterocycles. The number of ether oxygens (including phenoxy) is 2. The normalized spacial score (nSPS) is 29.7. The smallest absolute Gasteiger partial charge is 0.340 e. The molecule has 1 fully saturated rings. The molecule has 4 atom stereocenters. The lowest BCUT2D eigenvalue weighted by Crippen LogP contribution is -2.48. The standard InChI is InChI=1S/C12H22O5/c1-4-8(13)9-6-7-10(17-9)12(3,15)11(14)16-5-2/h8-10,13,15H,4-7H2,1-3H3/t8-,9+,10-,12+/m1/s1. The molecule has 0 amide bonds. The van der Waals surface area contributed by atoms with Gasteiger partial charge >= 0.3 is 5.97 Å². The van der Waals surface area contributed by atoms with Crippen molar-refractivity contribution in [1.82, 2.24) is 0 Å². The lowest BCUT2D eigenvalue weighted by atomic mass is 9.96. The SMILES string of the molecule is CCOC(=O)[C@@](C)(O)[C@H]1CC[C@@H]([C@H](O)CC)O1. The quantitative estimate of drug-likeness (QED) is 0.695. The van der Waals surface area contributed by atoms with E-state index in [0.717, 1.165) is 0 Å². The number of hydrogen-bond donors (Lipinski definition) is 2. The maximum atomic E-state index is 11.6. The fourth-order valence-electron chi connectivity index (χ4n) is 2.03. The monoisotopic (exact) mass is 246 g/mol. The maximum absolute atomic E-state index is 11.6. The van der Waals surface area contributed by atoms with Gasteiger partial charge in [-0.05, 0) is 33.1 Å². The van der Waals surface area contributed by atoms with Crippen molar-refractivity contribution in [3.63, 3.8) is 0 Å². The van der Waals surface area contributed by atoms with Crippen LogP contribution in [-0.2, 0) is 14.3 Å². The van der Waals surface area contributed by atoms with Crippen LogP contribution in [0.3, 0.4) is 0 Å². The average molecular weight is 246 g/mol. The van der Waals surface area contributed by atoms with Gasteiger partial charge in [-0.25, -0.2) is 4.79 Å². The van der Waals surface area contributed by atoms with Crippen LogP contribution in [0.25, 0.3) is 0 Å². The Hall–Kier alpha value is -0.650. The van der Waals surface area contributed by atoms with Crippen LogP contribution in [0.2, 0.25) is 0 Å². The number of aliphatic hydroxyl groups is 2. The first-order valence-electron chi connectivity index (χ1n) is 6.16. The van der Waals surface area contributed by atoms with Gasteiger partial charge in [-0.15, -0.1) is 0 Å². The molecule has 0 spiro atoms. The number of aliphatic hydroxyl groups excluding tert-OH is 1. The highest BCUT2D eigenvalue weighted by atomic mass is 16.6. The number of carbonyl (C=O) groups is 1. The highest BCUT2D eigenvalue weighted by Crippen LogP contribution is 2.31. The molecule has 1 heterocycles. The van der Waals surface area contributed by atoms with Crippen LogP contribution in [0.1, 0.15) is 40.0 Å². The zero-order valence-electron chi connectivity index (χ0n) is 10.7. The number of carbonyl (C=O) groups excluding carboxylic acids is 1. The summed E-state index contributed by atoms with van der Waals surface area (Å²) in [5.41, 5.74) is -1.64. The Kier molecular flexibility index (Phi) is 4.91. The van der Waals surface area contributed by atoms with E-state index in [2.05, 4.69) is 0 Å². The molecular weight excluding hydrogens is 224 g/mol. The first-order valence-corrected chi connectivity index (χ1v) is 6.16. The fourth-order valence-corrected chi connectivity index (χ4v) is 2.03. The molecule has 0 saturated carbocycles.